The van der Waals surface area contributed by atoms with Crippen LogP contribution in [0.1, 0.15) is 27.2 Å². The summed E-state index contributed by atoms with van der Waals surface area (Å²) in [5.74, 6) is 0. The van der Waals surface area contributed by atoms with Crippen LogP contribution in [0.4, 0.5) is 0 Å². The van der Waals surface area contributed by atoms with E-state index in [9.17, 15) is 4.79 Å². The minimum absolute atomic E-state index is 0.169. The molecule has 0 aromatic carbocycles. The summed E-state index contributed by atoms with van der Waals surface area (Å²) < 4.78 is 0. The number of allylic oxidation sites excluding steroid dienone is 2. The fraction of sp³-hybridized carbons (Fsp3) is 0.500. The van der Waals surface area contributed by atoms with Crippen molar-refractivity contribution in [2.24, 2.45) is 0 Å². The normalized spacial score (nSPS) is 7.67. The number of aliphatic hydroxyl groups is 1. The molecule has 1 N–H and O–H groups in total. The van der Waals surface area contributed by atoms with Gasteiger partial charge in [0.2, 0.25) is 0 Å². The standard InChI is InChI=1S/C5H10O.C5H8O/c2*1-5(2)3-4-6/h3,6H,4H2,1-2H3;4H,1,3H2,2H3. The molecule has 0 spiro atoms. The van der Waals surface area contributed by atoms with Gasteiger partial charge in [-0.15, -0.1) is 0 Å². The van der Waals surface area contributed by atoms with E-state index in [0.717, 1.165) is 17.4 Å². The monoisotopic (exact) mass is 170 g/mol. The zero-order valence-electron chi connectivity index (χ0n) is 8.13. The molecule has 0 aliphatic heterocycles. The maximum absolute atomic E-state index is 9.55. The van der Waals surface area contributed by atoms with Gasteiger partial charge in [0.1, 0.15) is 6.29 Å². The zero-order chi connectivity index (χ0) is 9.98. The van der Waals surface area contributed by atoms with Crippen molar-refractivity contribution in [1.82, 2.24) is 0 Å². The van der Waals surface area contributed by atoms with Gasteiger partial charge < -0.3 is 9.90 Å². The molecule has 0 amide bonds. The van der Waals surface area contributed by atoms with Crippen molar-refractivity contribution in [2.75, 3.05) is 6.61 Å². The predicted molar refractivity (Wildman–Crippen MR) is 52.0 cm³/mol. The lowest BCUT2D eigenvalue weighted by Crippen LogP contribution is -1.71. The largest absolute Gasteiger partial charge is 0.392 e. The molecule has 0 aliphatic carbocycles. The predicted octanol–water partition coefficient (Wildman–Crippen LogP) is 2.10. The first-order valence-corrected chi connectivity index (χ1v) is 3.86. The minimum atomic E-state index is 0.169. The van der Waals surface area contributed by atoms with Crippen molar-refractivity contribution >= 4 is 6.29 Å². The van der Waals surface area contributed by atoms with Gasteiger partial charge in [-0.25, -0.2) is 0 Å². The van der Waals surface area contributed by atoms with Gasteiger partial charge in [-0.3, -0.25) is 0 Å². The highest BCUT2D eigenvalue weighted by atomic mass is 16.2. The molecule has 0 heterocycles. The molecule has 0 fully saturated rings. The van der Waals surface area contributed by atoms with Gasteiger partial charge in [0.15, 0.2) is 0 Å². The van der Waals surface area contributed by atoms with Crippen LogP contribution in [0.5, 0.6) is 0 Å². The van der Waals surface area contributed by atoms with Gasteiger partial charge in [0.25, 0.3) is 0 Å². The van der Waals surface area contributed by atoms with E-state index in [1.54, 1.807) is 6.08 Å². The van der Waals surface area contributed by atoms with Crippen molar-refractivity contribution in [1.29, 1.82) is 0 Å². The molecule has 0 saturated heterocycles. The molecular formula is C10H18O2. The summed E-state index contributed by atoms with van der Waals surface area (Å²) in [6.45, 7) is 9.42. The molecule has 0 aliphatic rings. The number of hydrogen-bond acceptors (Lipinski definition) is 2. The molecule has 0 bridgehead atoms. The Morgan fingerprint density at radius 3 is 1.92 bits per heavy atom. The molecule has 2 nitrogen and oxygen atoms in total. The Morgan fingerprint density at radius 1 is 1.42 bits per heavy atom. The Hall–Kier alpha value is -0.890. The Morgan fingerprint density at radius 2 is 1.92 bits per heavy atom. The number of rotatable bonds is 3. The SMILES string of the molecule is C=C(C)CC=O.CC(C)=CCO. The molecule has 0 aromatic heterocycles. The number of hydrogen-bond donors (Lipinski definition) is 1. The third-order valence-corrected chi connectivity index (χ3v) is 0.931. The molecule has 0 atom stereocenters. The van der Waals surface area contributed by atoms with E-state index in [2.05, 4.69) is 6.58 Å². The molecule has 0 unspecified atom stereocenters. The fourth-order valence-electron chi connectivity index (χ4n) is 0.325. The van der Waals surface area contributed by atoms with E-state index in [0.29, 0.717) is 6.42 Å². The molecule has 12 heavy (non-hydrogen) atoms. The number of aliphatic hydroxyl groups excluding tert-OH is 1. The molecule has 2 heteroatoms. The second-order valence-corrected chi connectivity index (χ2v) is 2.79. The Labute approximate surface area is 74.6 Å². The third-order valence-electron chi connectivity index (χ3n) is 0.931. The number of carbonyl (C=O) groups excluding carboxylic acids is 1. The third kappa shape index (κ3) is 22.9. The van der Waals surface area contributed by atoms with E-state index in [-0.39, 0.29) is 6.61 Å². The van der Waals surface area contributed by atoms with Gasteiger partial charge in [0.05, 0.1) is 6.61 Å². The summed E-state index contributed by atoms with van der Waals surface area (Å²) >= 11 is 0. The lowest BCUT2D eigenvalue weighted by Gasteiger charge is -1.80. The zero-order valence-corrected chi connectivity index (χ0v) is 8.13. The minimum Gasteiger partial charge on any atom is -0.392 e. The first-order valence-electron chi connectivity index (χ1n) is 3.86. The summed E-state index contributed by atoms with van der Waals surface area (Å²) in [6.07, 6.45) is 3.11. The second kappa shape index (κ2) is 10.1. The lowest BCUT2D eigenvalue weighted by molar-refractivity contribution is -0.107. The fourth-order valence-corrected chi connectivity index (χ4v) is 0.325. The summed E-state index contributed by atoms with van der Waals surface area (Å²) in [5.41, 5.74) is 2.09. The van der Waals surface area contributed by atoms with Gasteiger partial charge in [-0.1, -0.05) is 23.8 Å². The Balaban J connectivity index is 0. The maximum atomic E-state index is 9.55. The van der Waals surface area contributed by atoms with Crippen LogP contribution in [0.25, 0.3) is 0 Å². The maximum Gasteiger partial charge on any atom is 0.124 e. The highest BCUT2D eigenvalue weighted by molar-refractivity contribution is 5.53. The van der Waals surface area contributed by atoms with Crippen LogP contribution in [0, 0.1) is 0 Å². The highest BCUT2D eigenvalue weighted by Gasteiger charge is 1.75. The van der Waals surface area contributed by atoms with Crippen molar-refractivity contribution in [3.8, 4) is 0 Å². The summed E-state index contributed by atoms with van der Waals surface area (Å²) in [5, 5.41) is 8.16. The molecule has 70 valence electrons. The van der Waals surface area contributed by atoms with Crippen LogP contribution in [0.3, 0.4) is 0 Å². The smallest absolute Gasteiger partial charge is 0.124 e. The van der Waals surface area contributed by atoms with E-state index in [1.807, 2.05) is 20.8 Å². The van der Waals surface area contributed by atoms with Crippen molar-refractivity contribution in [3.63, 3.8) is 0 Å². The second-order valence-electron chi connectivity index (χ2n) is 2.79. The van der Waals surface area contributed by atoms with Crippen molar-refractivity contribution < 1.29 is 9.90 Å². The van der Waals surface area contributed by atoms with Crippen LogP contribution in [0.2, 0.25) is 0 Å². The van der Waals surface area contributed by atoms with Crippen molar-refractivity contribution in [2.45, 2.75) is 27.2 Å². The summed E-state index contributed by atoms with van der Waals surface area (Å²) in [6, 6.07) is 0. The van der Waals surface area contributed by atoms with E-state index in [1.165, 1.54) is 0 Å². The number of carbonyl (C=O) groups is 1. The van der Waals surface area contributed by atoms with Crippen LogP contribution in [-0.2, 0) is 4.79 Å². The van der Waals surface area contributed by atoms with Crippen molar-refractivity contribution in [3.05, 3.63) is 23.8 Å². The summed E-state index contributed by atoms with van der Waals surface area (Å²) in [7, 11) is 0. The Bertz CT molecular complexity index is 153. The molecule has 0 saturated carbocycles. The molecule has 0 aromatic rings. The van der Waals surface area contributed by atoms with Crippen LogP contribution >= 0.6 is 0 Å². The van der Waals surface area contributed by atoms with Gasteiger partial charge in [0, 0.05) is 6.42 Å². The average molecular weight is 170 g/mol. The average Bonchev–Trinajstić information content (AvgIpc) is 1.87. The van der Waals surface area contributed by atoms with E-state index in [4.69, 9.17) is 5.11 Å². The molecule has 0 radical (unpaired) electrons. The highest BCUT2D eigenvalue weighted by Crippen LogP contribution is 1.87. The summed E-state index contributed by atoms with van der Waals surface area (Å²) in [4.78, 5) is 9.55. The Kier molecular flexibility index (Phi) is 11.5. The van der Waals surface area contributed by atoms with Crippen LogP contribution < -0.4 is 0 Å². The lowest BCUT2D eigenvalue weighted by atomic mass is 10.3. The molecule has 0 rings (SSSR count). The van der Waals surface area contributed by atoms with Gasteiger partial charge >= 0.3 is 0 Å². The molecular weight excluding hydrogens is 152 g/mol. The van der Waals surface area contributed by atoms with Gasteiger partial charge in [-0.05, 0) is 20.8 Å². The first kappa shape index (κ1) is 13.7. The van der Waals surface area contributed by atoms with E-state index < -0.39 is 0 Å². The number of aldehydes is 1. The quantitative estimate of drug-likeness (QED) is 0.520. The van der Waals surface area contributed by atoms with E-state index >= 15 is 0 Å². The van der Waals surface area contributed by atoms with Crippen LogP contribution in [0.15, 0.2) is 23.8 Å². The van der Waals surface area contributed by atoms with Crippen LogP contribution in [-0.4, -0.2) is 18.0 Å². The first-order chi connectivity index (χ1) is 5.54. The topological polar surface area (TPSA) is 37.3 Å². The van der Waals surface area contributed by atoms with Gasteiger partial charge in [-0.2, -0.15) is 0 Å².